The minimum absolute atomic E-state index is 0.0862. The summed E-state index contributed by atoms with van der Waals surface area (Å²) < 4.78 is 10.8. The second-order valence-electron chi connectivity index (χ2n) is 7.30. The van der Waals surface area contributed by atoms with Crippen molar-refractivity contribution in [1.82, 2.24) is 10.2 Å². The normalized spacial score (nSPS) is 12.9. The number of ether oxygens (including phenoxy) is 2. The fourth-order valence-electron chi connectivity index (χ4n) is 3.28. The number of halogens is 1. The summed E-state index contributed by atoms with van der Waals surface area (Å²) in [5, 5.41) is 3.44. The van der Waals surface area contributed by atoms with E-state index in [2.05, 4.69) is 5.32 Å². The maximum atomic E-state index is 12.9. The molecule has 160 valence electrons. The Labute approximate surface area is 182 Å². The highest BCUT2D eigenvalue weighted by Crippen LogP contribution is 2.32. The number of nitrogens with zero attached hydrogens (tertiary/aromatic N) is 1. The Morgan fingerprint density at radius 1 is 1.10 bits per heavy atom. The molecule has 2 aromatic rings. The molecular formula is C23H27ClN2O4. The van der Waals surface area contributed by atoms with Crippen LogP contribution in [0.25, 0.3) is 0 Å². The maximum absolute atomic E-state index is 12.9. The predicted molar refractivity (Wildman–Crippen MR) is 116 cm³/mol. The van der Waals surface area contributed by atoms with Crippen LogP contribution in [0.5, 0.6) is 11.5 Å². The van der Waals surface area contributed by atoms with Crippen LogP contribution in [0.15, 0.2) is 42.5 Å². The van der Waals surface area contributed by atoms with Crippen molar-refractivity contribution in [3.05, 3.63) is 58.6 Å². The summed E-state index contributed by atoms with van der Waals surface area (Å²) in [5.41, 5.74) is 1.48. The van der Waals surface area contributed by atoms with E-state index in [9.17, 15) is 9.59 Å². The molecule has 0 radical (unpaired) electrons. The maximum Gasteiger partial charge on any atom is 0.251 e. The average molecular weight is 431 g/mol. The van der Waals surface area contributed by atoms with Gasteiger partial charge in [-0.25, -0.2) is 0 Å². The van der Waals surface area contributed by atoms with E-state index in [0.29, 0.717) is 36.5 Å². The summed E-state index contributed by atoms with van der Waals surface area (Å²) in [6.07, 6.45) is 3.00. The number of amides is 2. The fourth-order valence-corrected chi connectivity index (χ4v) is 3.41. The molecule has 1 aliphatic rings. The minimum atomic E-state index is -0.167. The van der Waals surface area contributed by atoms with Gasteiger partial charge in [-0.3, -0.25) is 9.59 Å². The zero-order chi connectivity index (χ0) is 21.5. The van der Waals surface area contributed by atoms with E-state index < -0.39 is 0 Å². The van der Waals surface area contributed by atoms with Gasteiger partial charge < -0.3 is 19.7 Å². The third-order valence-electron chi connectivity index (χ3n) is 5.10. The van der Waals surface area contributed by atoms with Gasteiger partial charge in [0, 0.05) is 41.7 Å². The van der Waals surface area contributed by atoms with Crippen LogP contribution in [0.2, 0.25) is 5.02 Å². The van der Waals surface area contributed by atoms with Crippen LogP contribution >= 0.6 is 11.6 Å². The first-order valence-electron chi connectivity index (χ1n) is 10.1. The molecule has 2 amide bonds. The smallest absolute Gasteiger partial charge is 0.251 e. The zero-order valence-corrected chi connectivity index (χ0v) is 18.1. The van der Waals surface area contributed by atoms with E-state index in [-0.39, 0.29) is 17.9 Å². The average Bonchev–Trinajstić information content (AvgIpc) is 3.60. The third-order valence-corrected chi connectivity index (χ3v) is 5.35. The Bertz CT molecular complexity index is 881. The molecule has 0 spiro atoms. The fraction of sp³-hybridized carbons (Fsp3) is 0.391. The van der Waals surface area contributed by atoms with Crippen molar-refractivity contribution in [2.45, 2.75) is 38.3 Å². The Morgan fingerprint density at radius 2 is 1.83 bits per heavy atom. The highest BCUT2D eigenvalue weighted by molar-refractivity contribution is 6.30. The number of nitrogens with one attached hydrogen (secondary N) is 1. The predicted octanol–water partition coefficient (Wildman–Crippen LogP) is 4.06. The number of hydrogen-bond donors (Lipinski definition) is 1. The van der Waals surface area contributed by atoms with Gasteiger partial charge >= 0.3 is 0 Å². The van der Waals surface area contributed by atoms with Crippen molar-refractivity contribution in [3.63, 3.8) is 0 Å². The number of carbonyl (C=O) groups excluding carboxylic acids is 2. The standard InChI is InChI=1S/C23H27ClN2O4/c1-29-20-11-12-21(30-2)17(14-20)15-26(19-9-10-19)22(27)4-3-13-25-23(28)16-5-7-18(24)8-6-16/h5-8,11-12,14,19H,3-4,9-10,13,15H2,1-2H3,(H,25,28). The van der Waals surface area contributed by atoms with Gasteiger partial charge in [0.25, 0.3) is 5.91 Å². The molecule has 0 aliphatic heterocycles. The first-order chi connectivity index (χ1) is 14.5. The van der Waals surface area contributed by atoms with Crippen molar-refractivity contribution >= 4 is 23.4 Å². The van der Waals surface area contributed by atoms with Crippen molar-refractivity contribution < 1.29 is 19.1 Å². The van der Waals surface area contributed by atoms with E-state index in [1.807, 2.05) is 23.1 Å². The molecule has 30 heavy (non-hydrogen) atoms. The van der Waals surface area contributed by atoms with E-state index in [1.54, 1.807) is 38.5 Å². The summed E-state index contributed by atoms with van der Waals surface area (Å²) in [6, 6.07) is 12.6. The Morgan fingerprint density at radius 3 is 2.47 bits per heavy atom. The molecule has 0 bridgehead atoms. The van der Waals surface area contributed by atoms with Gasteiger partial charge in [-0.2, -0.15) is 0 Å². The molecule has 1 N–H and O–H groups in total. The lowest BCUT2D eigenvalue weighted by Gasteiger charge is -2.24. The molecule has 0 atom stereocenters. The summed E-state index contributed by atoms with van der Waals surface area (Å²) >= 11 is 5.84. The number of carbonyl (C=O) groups is 2. The van der Waals surface area contributed by atoms with E-state index in [0.717, 1.165) is 29.9 Å². The molecule has 1 fully saturated rings. The van der Waals surface area contributed by atoms with Crippen LogP contribution in [-0.4, -0.2) is 43.5 Å². The van der Waals surface area contributed by atoms with Gasteiger partial charge in [0.15, 0.2) is 0 Å². The Balaban J connectivity index is 1.53. The van der Waals surface area contributed by atoms with Crippen molar-refractivity contribution in [2.75, 3.05) is 20.8 Å². The second kappa shape index (κ2) is 10.3. The van der Waals surface area contributed by atoms with Crippen LogP contribution in [0.4, 0.5) is 0 Å². The monoisotopic (exact) mass is 430 g/mol. The van der Waals surface area contributed by atoms with E-state index >= 15 is 0 Å². The Kier molecular flexibility index (Phi) is 7.57. The molecule has 1 aliphatic carbocycles. The minimum Gasteiger partial charge on any atom is -0.497 e. The molecule has 3 rings (SSSR count). The van der Waals surface area contributed by atoms with E-state index in [4.69, 9.17) is 21.1 Å². The molecule has 7 heteroatoms. The molecule has 0 heterocycles. The van der Waals surface area contributed by atoms with Crippen LogP contribution in [-0.2, 0) is 11.3 Å². The van der Waals surface area contributed by atoms with Gasteiger partial charge in [-0.1, -0.05) is 11.6 Å². The van der Waals surface area contributed by atoms with Crippen LogP contribution in [0.1, 0.15) is 41.6 Å². The summed E-state index contributed by atoms with van der Waals surface area (Å²) in [7, 11) is 3.24. The van der Waals surface area contributed by atoms with Crippen molar-refractivity contribution in [2.24, 2.45) is 0 Å². The lowest BCUT2D eigenvalue weighted by atomic mass is 10.1. The third kappa shape index (κ3) is 5.89. The molecule has 0 aromatic heterocycles. The van der Waals surface area contributed by atoms with Crippen molar-refractivity contribution in [3.8, 4) is 11.5 Å². The lowest BCUT2D eigenvalue weighted by Crippen LogP contribution is -2.33. The zero-order valence-electron chi connectivity index (χ0n) is 17.3. The highest BCUT2D eigenvalue weighted by Gasteiger charge is 2.32. The Hall–Kier alpha value is -2.73. The molecule has 6 nitrogen and oxygen atoms in total. The quantitative estimate of drug-likeness (QED) is 0.577. The van der Waals surface area contributed by atoms with Crippen LogP contribution in [0.3, 0.4) is 0 Å². The molecule has 0 saturated heterocycles. The van der Waals surface area contributed by atoms with Crippen LogP contribution < -0.4 is 14.8 Å². The first kappa shape index (κ1) is 22.0. The number of hydrogen-bond acceptors (Lipinski definition) is 4. The van der Waals surface area contributed by atoms with Gasteiger partial charge in [0.05, 0.1) is 14.2 Å². The SMILES string of the molecule is COc1ccc(OC)c(CN(C(=O)CCCNC(=O)c2ccc(Cl)cc2)C2CC2)c1. The number of benzene rings is 2. The summed E-state index contributed by atoms with van der Waals surface area (Å²) in [4.78, 5) is 26.9. The summed E-state index contributed by atoms with van der Waals surface area (Å²) in [6.45, 7) is 0.926. The first-order valence-corrected chi connectivity index (χ1v) is 10.4. The summed E-state index contributed by atoms with van der Waals surface area (Å²) in [5.74, 6) is 1.39. The lowest BCUT2D eigenvalue weighted by molar-refractivity contribution is -0.132. The van der Waals surface area contributed by atoms with Gasteiger partial charge in [0.1, 0.15) is 11.5 Å². The molecule has 2 aromatic carbocycles. The van der Waals surface area contributed by atoms with Crippen molar-refractivity contribution in [1.29, 1.82) is 0 Å². The topological polar surface area (TPSA) is 67.9 Å². The van der Waals surface area contributed by atoms with Gasteiger partial charge in [0.2, 0.25) is 5.91 Å². The number of methoxy groups -OCH3 is 2. The molecule has 1 saturated carbocycles. The van der Waals surface area contributed by atoms with Gasteiger partial charge in [-0.15, -0.1) is 0 Å². The van der Waals surface area contributed by atoms with E-state index in [1.165, 1.54) is 0 Å². The molecular weight excluding hydrogens is 404 g/mol. The van der Waals surface area contributed by atoms with Gasteiger partial charge in [-0.05, 0) is 61.7 Å². The molecule has 0 unspecified atom stereocenters. The largest absolute Gasteiger partial charge is 0.497 e. The van der Waals surface area contributed by atoms with Crippen LogP contribution in [0, 0.1) is 0 Å². The number of rotatable bonds is 10. The highest BCUT2D eigenvalue weighted by atomic mass is 35.5. The second-order valence-corrected chi connectivity index (χ2v) is 7.73.